The van der Waals surface area contributed by atoms with Crippen molar-refractivity contribution in [2.24, 2.45) is 40.4 Å². The number of hydrogen-bond donors (Lipinski definition) is 6. The van der Waals surface area contributed by atoms with Gasteiger partial charge in [0.25, 0.3) is 0 Å². The monoisotopic (exact) mass is 577 g/mol. The SMILES string of the molecule is C[C@H]1CC[C@H]([C@](C)(O)[C@@H]2C[C@H]3[C@@H]4CC=C5C[C@@H](O[C@@H]6O[C@H](CO)[C@@H](O)[C@H](O)[C@H]6O)CC[C@]5(C)[C@H]4CC[C@]3(C)C2)NC1. The second-order valence-electron chi connectivity index (χ2n) is 15.7. The molecule has 2 aliphatic heterocycles. The Balaban J connectivity index is 1.14. The second kappa shape index (κ2) is 11.1. The van der Waals surface area contributed by atoms with Crippen LogP contribution in [0.5, 0.6) is 0 Å². The quantitative estimate of drug-likeness (QED) is 0.275. The Bertz CT molecular complexity index is 979. The molecule has 8 nitrogen and oxygen atoms in total. The zero-order valence-corrected chi connectivity index (χ0v) is 25.5. The first-order chi connectivity index (χ1) is 19.4. The number of fused-ring (bicyclic) bond motifs is 5. The molecule has 6 N–H and O–H groups in total. The lowest BCUT2D eigenvalue weighted by Gasteiger charge is -2.57. The van der Waals surface area contributed by atoms with Crippen molar-refractivity contribution in [3.05, 3.63) is 11.6 Å². The van der Waals surface area contributed by atoms with Crippen molar-refractivity contribution in [3.8, 4) is 0 Å². The lowest BCUT2D eigenvalue weighted by Crippen LogP contribution is -2.60. The summed E-state index contributed by atoms with van der Waals surface area (Å²) >= 11 is 0. The minimum atomic E-state index is -1.42. The van der Waals surface area contributed by atoms with E-state index in [0.29, 0.717) is 35.0 Å². The maximum atomic E-state index is 11.9. The van der Waals surface area contributed by atoms with Crippen LogP contribution in [0.2, 0.25) is 0 Å². The zero-order valence-electron chi connectivity index (χ0n) is 25.5. The molecule has 2 saturated heterocycles. The number of rotatable bonds is 5. The fourth-order valence-corrected chi connectivity index (χ4v) is 10.4. The summed E-state index contributed by atoms with van der Waals surface area (Å²) in [4.78, 5) is 0. The molecule has 0 bridgehead atoms. The van der Waals surface area contributed by atoms with E-state index in [1.165, 1.54) is 24.8 Å². The average Bonchev–Trinajstić information content (AvgIpc) is 3.32. The van der Waals surface area contributed by atoms with E-state index < -0.39 is 42.9 Å². The van der Waals surface area contributed by atoms with E-state index in [1.807, 2.05) is 0 Å². The largest absolute Gasteiger partial charge is 0.394 e. The first-order valence-corrected chi connectivity index (χ1v) is 16.5. The van der Waals surface area contributed by atoms with Crippen LogP contribution in [0, 0.1) is 40.4 Å². The van der Waals surface area contributed by atoms with Gasteiger partial charge in [0.05, 0.1) is 18.3 Å². The number of hydrogen-bond acceptors (Lipinski definition) is 8. The Labute approximate surface area is 245 Å². The average molecular weight is 578 g/mol. The summed E-state index contributed by atoms with van der Waals surface area (Å²) in [5.41, 5.74) is 1.20. The fourth-order valence-electron chi connectivity index (χ4n) is 10.4. The molecule has 0 amide bonds. The number of ether oxygens (including phenoxy) is 2. The van der Waals surface area contributed by atoms with Crippen LogP contribution in [0.1, 0.15) is 91.9 Å². The zero-order chi connectivity index (χ0) is 29.3. The van der Waals surface area contributed by atoms with E-state index in [0.717, 1.165) is 51.5 Å². The van der Waals surface area contributed by atoms with E-state index in [1.54, 1.807) is 0 Å². The van der Waals surface area contributed by atoms with Gasteiger partial charge in [-0.05, 0) is 118 Å². The van der Waals surface area contributed by atoms with Crippen LogP contribution in [-0.2, 0) is 9.47 Å². The molecule has 0 unspecified atom stereocenters. The van der Waals surface area contributed by atoms with E-state index in [9.17, 15) is 25.5 Å². The topological polar surface area (TPSA) is 132 Å². The lowest BCUT2D eigenvalue weighted by molar-refractivity contribution is -0.313. The first-order valence-electron chi connectivity index (χ1n) is 16.5. The highest BCUT2D eigenvalue weighted by molar-refractivity contribution is 5.25. The Morgan fingerprint density at radius 3 is 2.54 bits per heavy atom. The molecule has 234 valence electrons. The second-order valence-corrected chi connectivity index (χ2v) is 15.7. The van der Waals surface area contributed by atoms with E-state index in [2.05, 4.69) is 39.1 Å². The molecule has 41 heavy (non-hydrogen) atoms. The molecule has 0 spiro atoms. The predicted octanol–water partition coefficient (Wildman–Crippen LogP) is 2.89. The minimum Gasteiger partial charge on any atom is -0.394 e. The number of aliphatic hydroxyl groups excluding tert-OH is 4. The number of allylic oxidation sites excluding steroid dienone is 1. The van der Waals surface area contributed by atoms with Crippen LogP contribution in [0.3, 0.4) is 0 Å². The van der Waals surface area contributed by atoms with Crippen molar-refractivity contribution >= 4 is 0 Å². The molecule has 15 atom stereocenters. The standard InChI is InChI=1S/C33H55NO7/c1-18-5-8-26(34-16-18)33(4,39)20-14-24-22-7-6-19-13-21(40-30-29(38)28(37)27(36)25(17-35)41-30)9-12-32(19,3)23(22)10-11-31(24,2)15-20/h6,18,20-30,34-39H,5,7-17H2,1-4H3/t18-,20+,21-,22+,23-,24-,25+,26+,27+,28-,29+,30+,31+,32-,33+/m0/s1. The Morgan fingerprint density at radius 2 is 1.83 bits per heavy atom. The molecular formula is C33H55NO7. The normalized spacial score (nSPS) is 53.4. The van der Waals surface area contributed by atoms with Crippen molar-refractivity contribution < 1.29 is 35.0 Å². The third-order valence-corrected chi connectivity index (χ3v) is 13.2. The van der Waals surface area contributed by atoms with Crippen molar-refractivity contribution in [2.75, 3.05) is 13.2 Å². The Kier molecular flexibility index (Phi) is 8.24. The van der Waals surface area contributed by atoms with Crippen LogP contribution < -0.4 is 5.32 Å². The molecule has 8 heteroatoms. The van der Waals surface area contributed by atoms with Gasteiger partial charge in [0.15, 0.2) is 6.29 Å². The van der Waals surface area contributed by atoms with Crippen molar-refractivity contribution in [1.29, 1.82) is 0 Å². The maximum absolute atomic E-state index is 11.9. The minimum absolute atomic E-state index is 0.126. The summed E-state index contributed by atoms with van der Waals surface area (Å²) in [5.74, 6) is 2.94. The number of nitrogens with one attached hydrogen (secondary N) is 1. The van der Waals surface area contributed by atoms with Gasteiger partial charge in [-0.3, -0.25) is 0 Å². The van der Waals surface area contributed by atoms with E-state index in [4.69, 9.17) is 9.47 Å². The summed E-state index contributed by atoms with van der Waals surface area (Å²) in [6.45, 7) is 9.93. The molecule has 0 aromatic rings. The van der Waals surface area contributed by atoms with Gasteiger partial charge in [-0.15, -0.1) is 0 Å². The molecule has 0 aromatic carbocycles. The number of piperidine rings is 1. The van der Waals surface area contributed by atoms with Gasteiger partial charge in [-0.1, -0.05) is 32.4 Å². The van der Waals surface area contributed by atoms with Gasteiger partial charge in [-0.2, -0.15) is 0 Å². The van der Waals surface area contributed by atoms with Gasteiger partial charge >= 0.3 is 0 Å². The Morgan fingerprint density at radius 1 is 1.05 bits per heavy atom. The molecule has 3 saturated carbocycles. The van der Waals surface area contributed by atoms with Gasteiger partial charge < -0.3 is 40.3 Å². The Hall–Kier alpha value is -0.580. The maximum Gasteiger partial charge on any atom is 0.186 e. The summed E-state index contributed by atoms with van der Waals surface area (Å²) in [5, 5.41) is 56.0. The molecular weight excluding hydrogens is 522 g/mol. The highest BCUT2D eigenvalue weighted by atomic mass is 16.7. The summed E-state index contributed by atoms with van der Waals surface area (Å²) < 4.78 is 11.8. The van der Waals surface area contributed by atoms with E-state index >= 15 is 0 Å². The van der Waals surface area contributed by atoms with Crippen molar-refractivity contribution in [3.63, 3.8) is 0 Å². The molecule has 5 fully saturated rings. The smallest absolute Gasteiger partial charge is 0.186 e. The van der Waals surface area contributed by atoms with Gasteiger partial charge in [0, 0.05) is 6.04 Å². The molecule has 2 heterocycles. The summed E-state index contributed by atoms with van der Waals surface area (Å²) in [7, 11) is 0. The first kappa shape index (κ1) is 30.4. The molecule has 6 aliphatic rings. The number of aliphatic hydroxyl groups is 5. The van der Waals surface area contributed by atoms with Crippen LogP contribution >= 0.6 is 0 Å². The van der Waals surface area contributed by atoms with Gasteiger partial charge in [0.2, 0.25) is 0 Å². The van der Waals surface area contributed by atoms with Gasteiger partial charge in [-0.25, -0.2) is 0 Å². The van der Waals surface area contributed by atoms with E-state index in [-0.39, 0.29) is 17.6 Å². The van der Waals surface area contributed by atoms with Crippen molar-refractivity contribution in [1.82, 2.24) is 5.32 Å². The highest BCUT2D eigenvalue weighted by Crippen LogP contribution is 2.67. The predicted molar refractivity (Wildman–Crippen MR) is 155 cm³/mol. The highest BCUT2D eigenvalue weighted by Gasteiger charge is 2.60. The fraction of sp³-hybridized carbons (Fsp3) is 0.939. The molecule has 0 aromatic heterocycles. The summed E-state index contributed by atoms with van der Waals surface area (Å²) in [6, 6.07) is 0.192. The summed E-state index contributed by atoms with van der Waals surface area (Å²) in [6.07, 6.45) is 6.85. The van der Waals surface area contributed by atoms with Crippen molar-refractivity contribution in [2.45, 2.75) is 140 Å². The van der Waals surface area contributed by atoms with Crippen LogP contribution in [-0.4, -0.2) is 87.1 Å². The third kappa shape index (κ3) is 5.16. The van der Waals surface area contributed by atoms with Gasteiger partial charge in [0.1, 0.15) is 24.4 Å². The third-order valence-electron chi connectivity index (χ3n) is 13.2. The lowest BCUT2D eigenvalue weighted by atomic mass is 9.48. The van der Waals surface area contributed by atoms with Crippen LogP contribution in [0.15, 0.2) is 11.6 Å². The van der Waals surface area contributed by atoms with Crippen LogP contribution in [0.25, 0.3) is 0 Å². The van der Waals surface area contributed by atoms with Crippen LogP contribution in [0.4, 0.5) is 0 Å². The molecule has 0 radical (unpaired) electrons. The molecule has 4 aliphatic carbocycles. The molecule has 6 rings (SSSR count).